The average molecular weight is 279 g/mol. The molecule has 0 aromatic heterocycles. The first kappa shape index (κ1) is 14.2. The number of phenolic OH excluding ortho intramolecular Hbond substituents is 1. The molecule has 1 unspecified atom stereocenters. The molecule has 1 aromatic carbocycles. The minimum Gasteiger partial charge on any atom is -0.504 e. The number of phenols is 1. The van der Waals surface area contributed by atoms with Crippen LogP contribution in [0.4, 0.5) is 0 Å². The van der Waals surface area contributed by atoms with E-state index in [-0.39, 0.29) is 23.5 Å². The van der Waals surface area contributed by atoms with E-state index in [0.29, 0.717) is 30.8 Å². The molecule has 1 atom stereocenters. The van der Waals surface area contributed by atoms with Gasteiger partial charge in [0, 0.05) is 18.7 Å². The van der Waals surface area contributed by atoms with E-state index in [4.69, 9.17) is 4.74 Å². The van der Waals surface area contributed by atoms with Gasteiger partial charge in [-0.2, -0.15) is 0 Å². The van der Waals surface area contributed by atoms with Crippen molar-refractivity contribution in [2.45, 2.75) is 6.42 Å². The molecule has 1 N–H and O–H groups in total. The first-order valence-electron chi connectivity index (χ1n) is 6.31. The Morgan fingerprint density at radius 1 is 1.35 bits per heavy atom. The third-order valence-corrected chi connectivity index (χ3v) is 3.44. The zero-order valence-corrected chi connectivity index (χ0v) is 11.5. The zero-order chi connectivity index (χ0) is 14.7. The van der Waals surface area contributed by atoms with Crippen LogP contribution in [0.25, 0.3) is 0 Å². The lowest BCUT2D eigenvalue weighted by Crippen LogP contribution is -2.30. The largest absolute Gasteiger partial charge is 0.504 e. The molecule has 1 heterocycles. The highest BCUT2D eigenvalue weighted by Crippen LogP contribution is 2.28. The van der Waals surface area contributed by atoms with Gasteiger partial charge in [-0.3, -0.25) is 9.59 Å². The number of likely N-dealkylation sites (tertiary alicyclic amines) is 1. The SMILES string of the molecule is COC(=O)C1CCN(C(=O)c2ccc(OC)c(O)c2)C1. The summed E-state index contributed by atoms with van der Waals surface area (Å²) in [6.45, 7) is 0.851. The summed E-state index contributed by atoms with van der Waals surface area (Å²) in [7, 11) is 2.78. The number of ether oxygens (including phenoxy) is 2. The molecule has 1 amide bonds. The Morgan fingerprint density at radius 2 is 2.10 bits per heavy atom. The van der Waals surface area contributed by atoms with Crippen molar-refractivity contribution in [2.75, 3.05) is 27.3 Å². The molecule has 6 nitrogen and oxygen atoms in total. The summed E-state index contributed by atoms with van der Waals surface area (Å²) in [6, 6.07) is 4.50. The number of esters is 1. The van der Waals surface area contributed by atoms with Gasteiger partial charge in [-0.05, 0) is 24.6 Å². The van der Waals surface area contributed by atoms with Crippen molar-refractivity contribution in [3.05, 3.63) is 23.8 Å². The van der Waals surface area contributed by atoms with Gasteiger partial charge >= 0.3 is 5.97 Å². The number of hydrogen-bond acceptors (Lipinski definition) is 5. The monoisotopic (exact) mass is 279 g/mol. The first-order valence-corrected chi connectivity index (χ1v) is 6.31. The highest BCUT2D eigenvalue weighted by molar-refractivity contribution is 5.95. The summed E-state index contributed by atoms with van der Waals surface area (Å²) in [5.74, 6) is -0.541. The molecule has 0 radical (unpaired) electrons. The summed E-state index contributed by atoms with van der Waals surface area (Å²) in [5, 5.41) is 9.69. The van der Waals surface area contributed by atoms with Crippen LogP contribution in [0.5, 0.6) is 11.5 Å². The van der Waals surface area contributed by atoms with Gasteiger partial charge in [-0.25, -0.2) is 0 Å². The van der Waals surface area contributed by atoms with Gasteiger partial charge in [-0.15, -0.1) is 0 Å². The van der Waals surface area contributed by atoms with E-state index >= 15 is 0 Å². The van der Waals surface area contributed by atoms with E-state index < -0.39 is 0 Å². The normalized spacial score (nSPS) is 17.9. The molecule has 0 saturated carbocycles. The van der Waals surface area contributed by atoms with Crippen LogP contribution in [0.3, 0.4) is 0 Å². The molecule has 0 bridgehead atoms. The molecule has 2 rings (SSSR count). The van der Waals surface area contributed by atoms with E-state index in [2.05, 4.69) is 4.74 Å². The minimum atomic E-state index is -0.294. The molecule has 1 fully saturated rings. The van der Waals surface area contributed by atoms with Gasteiger partial charge < -0.3 is 19.5 Å². The lowest BCUT2D eigenvalue weighted by Gasteiger charge is -2.16. The smallest absolute Gasteiger partial charge is 0.310 e. The Bertz CT molecular complexity index is 528. The Hall–Kier alpha value is -2.24. The molecule has 0 aliphatic carbocycles. The number of rotatable bonds is 3. The maximum atomic E-state index is 12.3. The summed E-state index contributed by atoms with van der Waals surface area (Å²) in [6.07, 6.45) is 0.598. The van der Waals surface area contributed by atoms with Crippen molar-refractivity contribution in [3.63, 3.8) is 0 Å². The van der Waals surface area contributed by atoms with Crippen LogP contribution in [0, 0.1) is 5.92 Å². The third-order valence-electron chi connectivity index (χ3n) is 3.44. The van der Waals surface area contributed by atoms with E-state index in [1.807, 2.05) is 0 Å². The highest BCUT2D eigenvalue weighted by Gasteiger charge is 2.32. The second-order valence-corrected chi connectivity index (χ2v) is 4.65. The lowest BCUT2D eigenvalue weighted by atomic mass is 10.1. The number of carbonyl (C=O) groups is 2. The Kier molecular flexibility index (Phi) is 4.12. The van der Waals surface area contributed by atoms with Gasteiger partial charge in [0.2, 0.25) is 0 Å². The predicted octanol–water partition coefficient (Wildman–Crippen LogP) is 1.04. The molecule has 108 valence electrons. The number of nitrogens with zero attached hydrogens (tertiary/aromatic N) is 1. The summed E-state index contributed by atoms with van der Waals surface area (Å²) in [4.78, 5) is 25.3. The van der Waals surface area contributed by atoms with Crippen molar-refractivity contribution in [2.24, 2.45) is 5.92 Å². The quantitative estimate of drug-likeness (QED) is 0.836. The molecule has 1 aliphatic heterocycles. The van der Waals surface area contributed by atoms with Gasteiger partial charge in [0.15, 0.2) is 11.5 Å². The standard InChI is InChI=1S/C14H17NO5/c1-19-12-4-3-9(7-11(12)16)13(17)15-6-5-10(8-15)14(18)20-2/h3-4,7,10,16H,5-6,8H2,1-2H3. The van der Waals surface area contributed by atoms with Crippen LogP contribution in [-0.4, -0.2) is 49.2 Å². The number of methoxy groups -OCH3 is 2. The number of carbonyl (C=O) groups excluding carboxylic acids is 2. The molecular weight excluding hydrogens is 262 g/mol. The second-order valence-electron chi connectivity index (χ2n) is 4.65. The zero-order valence-electron chi connectivity index (χ0n) is 11.5. The number of hydrogen-bond donors (Lipinski definition) is 1. The number of amides is 1. The maximum absolute atomic E-state index is 12.3. The first-order chi connectivity index (χ1) is 9.56. The molecule has 1 aromatic rings. The lowest BCUT2D eigenvalue weighted by molar-refractivity contribution is -0.144. The van der Waals surface area contributed by atoms with Crippen molar-refractivity contribution in [1.82, 2.24) is 4.90 Å². The molecule has 0 spiro atoms. The molecule has 1 saturated heterocycles. The fraction of sp³-hybridized carbons (Fsp3) is 0.429. The van der Waals surface area contributed by atoms with E-state index in [1.165, 1.54) is 26.4 Å². The predicted molar refractivity (Wildman–Crippen MR) is 70.7 cm³/mol. The Balaban J connectivity index is 2.09. The van der Waals surface area contributed by atoms with E-state index in [1.54, 1.807) is 11.0 Å². The number of benzene rings is 1. The number of aromatic hydroxyl groups is 1. The summed E-state index contributed by atoms with van der Waals surface area (Å²) < 4.78 is 9.62. The highest BCUT2D eigenvalue weighted by atomic mass is 16.5. The van der Waals surface area contributed by atoms with E-state index in [9.17, 15) is 14.7 Å². The van der Waals surface area contributed by atoms with Crippen LogP contribution < -0.4 is 4.74 Å². The van der Waals surface area contributed by atoms with Crippen LogP contribution in [0.1, 0.15) is 16.8 Å². The van der Waals surface area contributed by atoms with Crippen LogP contribution in [-0.2, 0) is 9.53 Å². The molecule has 6 heteroatoms. The average Bonchev–Trinajstić information content (AvgIpc) is 2.95. The third kappa shape index (κ3) is 2.68. The van der Waals surface area contributed by atoms with Crippen molar-refractivity contribution >= 4 is 11.9 Å². The van der Waals surface area contributed by atoms with Gasteiger partial charge in [0.25, 0.3) is 5.91 Å². The summed E-state index contributed by atoms with van der Waals surface area (Å²) in [5.41, 5.74) is 0.369. The van der Waals surface area contributed by atoms with Crippen LogP contribution in [0.15, 0.2) is 18.2 Å². The Labute approximate surface area is 116 Å². The van der Waals surface area contributed by atoms with E-state index in [0.717, 1.165) is 0 Å². The van der Waals surface area contributed by atoms with Gasteiger partial charge in [0.1, 0.15) is 0 Å². The van der Waals surface area contributed by atoms with Crippen LogP contribution >= 0.6 is 0 Å². The van der Waals surface area contributed by atoms with Crippen molar-refractivity contribution in [1.29, 1.82) is 0 Å². The van der Waals surface area contributed by atoms with Gasteiger partial charge in [-0.1, -0.05) is 0 Å². The summed E-state index contributed by atoms with van der Waals surface area (Å²) >= 11 is 0. The molecular formula is C14H17NO5. The van der Waals surface area contributed by atoms with Crippen molar-refractivity contribution < 1.29 is 24.2 Å². The van der Waals surface area contributed by atoms with Crippen LogP contribution in [0.2, 0.25) is 0 Å². The minimum absolute atomic E-state index is 0.0814. The fourth-order valence-corrected chi connectivity index (χ4v) is 2.31. The Morgan fingerprint density at radius 3 is 2.70 bits per heavy atom. The molecule has 1 aliphatic rings. The van der Waals surface area contributed by atoms with Gasteiger partial charge in [0.05, 0.1) is 20.1 Å². The topological polar surface area (TPSA) is 76.1 Å². The maximum Gasteiger partial charge on any atom is 0.310 e. The second kappa shape index (κ2) is 5.81. The molecule has 20 heavy (non-hydrogen) atoms. The van der Waals surface area contributed by atoms with Crippen molar-refractivity contribution in [3.8, 4) is 11.5 Å². The fourth-order valence-electron chi connectivity index (χ4n) is 2.31.